The third kappa shape index (κ3) is 3.65. The smallest absolute Gasteiger partial charge is 0.279 e. The fourth-order valence-electron chi connectivity index (χ4n) is 3.79. The van der Waals surface area contributed by atoms with E-state index in [1.807, 2.05) is 43.3 Å². The van der Waals surface area contributed by atoms with Gasteiger partial charge in [-0.3, -0.25) is 9.78 Å². The van der Waals surface area contributed by atoms with E-state index < -0.39 is 0 Å². The number of ether oxygens (including phenoxy) is 1. The lowest BCUT2D eigenvalue weighted by Crippen LogP contribution is -2.19. The van der Waals surface area contributed by atoms with Crippen LogP contribution in [0.5, 0.6) is 0 Å². The highest BCUT2D eigenvalue weighted by Gasteiger charge is 2.12. The van der Waals surface area contributed by atoms with E-state index in [1.165, 1.54) is 16.7 Å². The van der Waals surface area contributed by atoms with Crippen molar-refractivity contribution in [3.8, 4) is 0 Å². The Morgan fingerprint density at radius 2 is 1.90 bits per heavy atom. The molecule has 154 valence electrons. The van der Waals surface area contributed by atoms with E-state index in [-0.39, 0.29) is 5.91 Å². The molecule has 31 heavy (non-hydrogen) atoms. The summed E-state index contributed by atoms with van der Waals surface area (Å²) in [6.07, 6.45) is 0. The molecule has 1 amide bonds. The highest BCUT2D eigenvalue weighted by Crippen LogP contribution is 2.27. The highest BCUT2D eigenvalue weighted by atomic mass is 32.1. The van der Waals surface area contributed by atoms with Crippen LogP contribution in [0.1, 0.15) is 16.1 Å². The van der Waals surface area contributed by atoms with E-state index in [0.717, 1.165) is 32.2 Å². The van der Waals surface area contributed by atoms with Crippen LogP contribution in [-0.4, -0.2) is 29.2 Å². The van der Waals surface area contributed by atoms with Crippen LogP contribution in [0.3, 0.4) is 0 Å². The average molecular weight is 428 g/mol. The third-order valence-corrected chi connectivity index (χ3v) is 6.49. The molecule has 0 aliphatic carbocycles. The van der Waals surface area contributed by atoms with Gasteiger partial charge in [-0.1, -0.05) is 47.7 Å². The van der Waals surface area contributed by atoms with E-state index in [2.05, 4.69) is 38.8 Å². The van der Waals surface area contributed by atoms with Crippen LogP contribution >= 0.6 is 11.3 Å². The van der Waals surface area contributed by atoms with Gasteiger partial charge in [0.2, 0.25) is 0 Å². The molecule has 0 fully saturated rings. The second kappa shape index (κ2) is 8.06. The number of thiazole rings is 1. The van der Waals surface area contributed by atoms with Gasteiger partial charge in [0.1, 0.15) is 0 Å². The standard InChI is InChI=1S/C25H21N3O2S/c1-16-7-8-18-15-19(9-11-21(18)26-16)24(29)27-25-28(13-14-30-2)22-12-10-17-5-3-4-6-20(17)23(22)31-25/h3-12,15H,13-14H2,1-2H3. The van der Waals surface area contributed by atoms with Gasteiger partial charge in [-0.05, 0) is 42.6 Å². The number of pyridine rings is 1. The van der Waals surface area contributed by atoms with Gasteiger partial charge in [-0.25, -0.2) is 0 Å². The van der Waals surface area contributed by atoms with Crippen molar-refractivity contribution in [1.82, 2.24) is 9.55 Å². The molecule has 0 aliphatic rings. The lowest BCUT2D eigenvalue weighted by molar-refractivity contribution is 0.0997. The number of amides is 1. The van der Waals surface area contributed by atoms with Gasteiger partial charge in [0.05, 0.1) is 22.3 Å². The number of aromatic nitrogens is 2. The maximum atomic E-state index is 13.1. The quantitative estimate of drug-likeness (QED) is 0.401. The zero-order chi connectivity index (χ0) is 21.4. The molecule has 6 heteroatoms. The lowest BCUT2D eigenvalue weighted by Gasteiger charge is -2.05. The molecule has 2 aromatic heterocycles. The van der Waals surface area contributed by atoms with E-state index >= 15 is 0 Å². The molecule has 5 rings (SSSR count). The molecule has 0 aliphatic heterocycles. The summed E-state index contributed by atoms with van der Waals surface area (Å²) in [6.45, 7) is 3.13. The van der Waals surface area contributed by atoms with E-state index in [0.29, 0.717) is 23.5 Å². The van der Waals surface area contributed by atoms with Crippen molar-refractivity contribution in [1.29, 1.82) is 0 Å². The number of benzene rings is 3. The summed E-state index contributed by atoms with van der Waals surface area (Å²) in [4.78, 5) is 22.8. The number of hydrogen-bond donors (Lipinski definition) is 0. The molecule has 0 spiro atoms. The molecule has 3 aromatic carbocycles. The summed E-state index contributed by atoms with van der Waals surface area (Å²) >= 11 is 1.54. The summed E-state index contributed by atoms with van der Waals surface area (Å²) in [5, 5.41) is 3.27. The molecule has 5 nitrogen and oxygen atoms in total. The molecule has 2 heterocycles. The first-order chi connectivity index (χ1) is 15.1. The van der Waals surface area contributed by atoms with Crippen LogP contribution in [0, 0.1) is 6.92 Å². The molecular weight excluding hydrogens is 406 g/mol. The Kier molecular flexibility index (Phi) is 5.10. The third-order valence-electron chi connectivity index (χ3n) is 5.37. The summed E-state index contributed by atoms with van der Waals surface area (Å²) < 4.78 is 8.50. The van der Waals surface area contributed by atoms with Crippen molar-refractivity contribution in [3.63, 3.8) is 0 Å². The highest BCUT2D eigenvalue weighted by molar-refractivity contribution is 7.17. The summed E-state index contributed by atoms with van der Waals surface area (Å²) in [7, 11) is 1.68. The summed E-state index contributed by atoms with van der Waals surface area (Å²) in [6, 6.07) is 21.9. The van der Waals surface area contributed by atoms with Gasteiger partial charge >= 0.3 is 0 Å². The second-order valence-electron chi connectivity index (χ2n) is 7.44. The van der Waals surface area contributed by atoms with Crippen LogP contribution < -0.4 is 4.80 Å². The minimum absolute atomic E-state index is 0.260. The second-order valence-corrected chi connectivity index (χ2v) is 8.42. The normalized spacial score (nSPS) is 12.3. The first-order valence-corrected chi connectivity index (χ1v) is 10.9. The van der Waals surface area contributed by atoms with Gasteiger partial charge in [-0.2, -0.15) is 4.99 Å². The predicted octanol–water partition coefficient (Wildman–Crippen LogP) is 5.10. The molecular formula is C25H21N3O2S. The molecule has 5 aromatic rings. The van der Waals surface area contributed by atoms with Crippen molar-refractivity contribution >= 4 is 49.1 Å². The van der Waals surface area contributed by atoms with Crippen LogP contribution in [0.25, 0.3) is 31.9 Å². The number of carbonyl (C=O) groups excluding carboxylic acids is 1. The number of nitrogens with zero attached hydrogens (tertiary/aromatic N) is 3. The van der Waals surface area contributed by atoms with Crippen molar-refractivity contribution in [2.75, 3.05) is 13.7 Å². The number of methoxy groups -OCH3 is 1. The molecule has 0 radical (unpaired) electrons. The molecule has 0 saturated carbocycles. The predicted molar refractivity (Wildman–Crippen MR) is 126 cm³/mol. The molecule has 0 unspecified atom stereocenters. The van der Waals surface area contributed by atoms with Crippen molar-refractivity contribution in [2.45, 2.75) is 13.5 Å². The molecule has 0 atom stereocenters. The Hall–Kier alpha value is -3.35. The first kappa shape index (κ1) is 19.6. The number of fused-ring (bicyclic) bond motifs is 4. The summed E-state index contributed by atoms with van der Waals surface area (Å²) in [5.74, 6) is -0.260. The maximum absolute atomic E-state index is 13.1. The topological polar surface area (TPSA) is 56.5 Å². The fraction of sp³-hybridized carbons (Fsp3) is 0.160. The van der Waals surface area contributed by atoms with Crippen molar-refractivity contribution < 1.29 is 9.53 Å². The zero-order valence-corrected chi connectivity index (χ0v) is 18.1. The molecule has 0 N–H and O–H groups in total. The van der Waals surface area contributed by atoms with Crippen molar-refractivity contribution in [2.24, 2.45) is 4.99 Å². The van der Waals surface area contributed by atoms with E-state index in [9.17, 15) is 4.79 Å². The Morgan fingerprint density at radius 1 is 1.06 bits per heavy atom. The lowest BCUT2D eigenvalue weighted by atomic mass is 10.1. The van der Waals surface area contributed by atoms with Gasteiger partial charge in [0.25, 0.3) is 5.91 Å². The van der Waals surface area contributed by atoms with Gasteiger partial charge in [0.15, 0.2) is 4.80 Å². The van der Waals surface area contributed by atoms with Crippen molar-refractivity contribution in [3.05, 3.63) is 82.8 Å². The largest absolute Gasteiger partial charge is 0.383 e. The van der Waals surface area contributed by atoms with Crippen LogP contribution in [0.2, 0.25) is 0 Å². The Balaban J connectivity index is 1.66. The monoisotopic (exact) mass is 427 g/mol. The van der Waals surface area contributed by atoms with Gasteiger partial charge in [-0.15, -0.1) is 0 Å². The number of rotatable bonds is 4. The minimum atomic E-state index is -0.260. The van der Waals surface area contributed by atoms with Crippen LogP contribution in [-0.2, 0) is 11.3 Å². The van der Waals surface area contributed by atoms with Crippen LogP contribution in [0.15, 0.2) is 71.7 Å². The summed E-state index contributed by atoms with van der Waals surface area (Å²) in [5.41, 5.74) is 3.44. The Labute approximate surface area is 183 Å². The number of aryl methyl sites for hydroxylation is 1. The SMILES string of the molecule is COCCn1c(=NC(=O)c2ccc3nc(C)ccc3c2)sc2c3ccccc3ccc21. The van der Waals surface area contributed by atoms with E-state index in [1.54, 1.807) is 13.2 Å². The Bertz CT molecular complexity index is 1510. The number of carbonyl (C=O) groups is 1. The minimum Gasteiger partial charge on any atom is -0.383 e. The maximum Gasteiger partial charge on any atom is 0.279 e. The van der Waals surface area contributed by atoms with Gasteiger partial charge in [0, 0.05) is 35.7 Å². The van der Waals surface area contributed by atoms with Crippen LogP contribution in [0.4, 0.5) is 0 Å². The molecule has 0 saturated heterocycles. The van der Waals surface area contributed by atoms with Gasteiger partial charge < -0.3 is 9.30 Å². The van der Waals surface area contributed by atoms with E-state index in [4.69, 9.17) is 4.74 Å². The number of hydrogen-bond acceptors (Lipinski definition) is 4. The zero-order valence-electron chi connectivity index (χ0n) is 17.3. The molecule has 0 bridgehead atoms. The Morgan fingerprint density at radius 3 is 2.77 bits per heavy atom. The first-order valence-electron chi connectivity index (χ1n) is 10.1. The average Bonchev–Trinajstić information content (AvgIpc) is 3.14. The fourth-order valence-corrected chi connectivity index (χ4v) is 4.98.